The Morgan fingerprint density at radius 1 is 1.16 bits per heavy atom. The van der Waals surface area contributed by atoms with E-state index in [0.29, 0.717) is 24.3 Å². The number of rotatable bonds is 5. The Labute approximate surface area is 181 Å². The van der Waals surface area contributed by atoms with Crippen molar-refractivity contribution in [1.82, 2.24) is 15.1 Å². The number of amides is 3. The molecule has 31 heavy (non-hydrogen) atoms. The molecule has 0 saturated carbocycles. The van der Waals surface area contributed by atoms with Crippen molar-refractivity contribution >= 4 is 23.4 Å². The Hall–Kier alpha value is -2.52. The van der Waals surface area contributed by atoms with E-state index in [0.717, 1.165) is 25.2 Å². The predicted octanol–water partition coefficient (Wildman–Crippen LogP) is 0.727. The van der Waals surface area contributed by atoms with Crippen molar-refractivity contribution in [3.8, 4) is 0 Å². The predicted molar refractivity (Wildman–Crippen MR) is 112 cm³/mol. The molecule has 8 nitrogen and oxygen atoms in total. The third kappa shape index (κ3) is 4.29. The molecule has 3 aliphatic rings. The summed E-state index contributed by atoms with van der Waals surface area (Å²) in [6.45, 7) is 8.09. The van der Waals surface area contributed by atoms with E-state index in [-0.39, 0.29) is 43.2 Å². The molecule has 4 rings (SSSR count). The number of aliphatic hydroxyl groups is 1. The van der Waals surface area contributed by atoms with Crippen LogP contribution in [0.15, 0.2) is 12.1 Å². The van der Waals surface area contributed by atoms with Gasteiger partial charge in [0, 0.05) is 74.5 Å². The number of piperidine rings is 1. The van der Waals surface area contributed by atoms with Crippen LogP contribution in [0.2, 0.25) is 0 Å². The molecule has 2 saturated heterocycles. The van der Waals surface area contributed by atoms with Gasteiger partial charge < -0.3 is 14.9 Å². The first-order valence-corrected chi connectivity index (χ1v) is 10.7. The number of nitrogens with zero attached hydrogens (tertiary/aromatic N) is 3. The van der Waals surface area contributed by atoms with E-state index < -0.39 is 17.8 Å². The maximum absolute atomic E-state index is 14.4. The van der Waals surface area contributed by atoms with Gasteiger partial charge in [0.15, 0.2) is 0 Å². The van der Waals surface area contributed by atoms with Crippen molar-refractivity contribution < 1.29 is 23.9 Å². The summed E-state index contributed by atoms with van der Waals surface area (Å²) in [5, 5.41) is 11.8. The summed E-state index contributed by atoms with van der Waals surface area (Å²) >= 11 is 0. The van der Waals surface area contributed by atoms with Gasteiger partial charge in [0.05, 0.1) is 0 Å². The summed E-state index contributed by atoms with van der Waals surface area (Å²) in [5.41, 5.74) is 1.54. The van der Waals surface area contributed by atoms with E-state index in [1.54, 1.807) is 0 Å². The Balaban J connectivity index is 1.52. The molecule has 168 valence electrons. The second-order valence-electron chi connectivity index (χ2n) is 9.44. The highest BCUT2D eigenvalue weighted by Crippen LogP contribution is 2.35. The fraction of sp³-hybridized carbons (Fsp3) is 0.591. The lowest BCUT2D eigenvalue weighted by Crippen LogP contribution is -2.52. The molecule has 3 amide bonds. The number of carbonyl (C=O) groups excluding carboxylic acids is 3. The monoisotopic (exact) mass is 432 g/mol. The number of anilines is 1. The van der Waals surface area contributed by atoms with Crippen LogP contribution < -0.4 is 10.2 Å². The molecule has 9 heteroatoms. The SMILES string of the molecule is CC(C)(CO)CN1CCN(c2cc(F)cc3c2CN(C2CCC(=O)NC2=O)C3=O)CC1. The summed E-state index contributed by atoms with van der Waals surface area (Å²) in [6, 6.07) is 1.99. The van der Waals surface area contributed by atoms with Gasteiger partial charge in [-0.25, -0.2) is 4.39 Å². The number of fused-ring (bicyclic) bond motifs is 1. The zero-order chi connectivity index (χ0) is 22.3. The fourth-order valence-corrected chi connectivity index (χ4v) is 4.69. The van der Waals surface area contributed by atoms with Crippen molar-refractivity contribution in [3.63, 3.8) is 0 Å². The number of aliphatic hydroxyl groups excluding tert-OH is 1. The van der Waals surface area contributed by atoms with E-state index in [2.05, 4.69) is 15.1 Å². The van der Waals surface area contributed by atoms with Gasteiger partial charge >= 0.3 is 0 Å². The second-order valence-corrected chi connectivity index (χ2v) is 9.44. The minimum absolute atomic E-state index is 0.114. The first-order valence-electron chi connectivity index (χ1n) is 10.7. The number of hydrogen-bond acceptors (Lipinski definition) is 6. The largest absolute Gasteiger partial charge is 0.396 e. The van der Waals surface area contributed by atoms with Crippen molar-refractivity contribution in [2.45, 2.75) is 39.3 Å². The molecule has 0 aromatic heterocycles. The molecule has 1 atom stereocenters. The van der Waals surface area contributed by atoms with Crippen LogP contribution in [-0.4, -0.2) is 78.0 Å². The average molecular weight is 432 g/mol. The zero-order valence-electron chi connectivity index (χ0n) is 18.0. The minimum atomic E-state index is -0.717. The van der Waals surface area contributed by atoms with E-state index in [1.165, 1.54) is 17.0 Å². The van der Waals surface area contributed by atoms with Crippen molar-refractivity contribution in [2.75, 3.05) is 44.2 Å². The quantitative estimate of drug-likeness (QED) is 0.667. The highest BCUT2D eigenvalue weighted by molar-refractivity contribution is 6.06. The van der Waals surface area contributed by atoms with E-state index >= 15 is 0 Å². The molecule has 3 aliphatic heterocycles. The maximum Gasteiger partial charge on any atom is 0.255 e. The highest BCUT2D eigenvalue weighted by atomic mass is 19.1. The highest BCUT2D eigenvalue weighted by Gasteiger charge is 2.41. The third-order valence-electron chi connectivity index (χ3n) is 6.39. The summed E-state index contributed by atoms with van der Waals surface area (Å²) in [7, 11) is 0. The average Bonchev–Trinajstić information content (AvgIpc) is 3.04. The summed E-state index contributed by atoms with van der Waals surface area (Å²) < 4.78 is 14.4. The van der Waals surface area contributed by atoms with Gasteiger partial charge in [0.2, 0.25) is 11.8 Å². The van der Waals surface area contributed by atoms with Crippen molar-refractivity contribution in [2.24, 2.45) is 5.41 Å². The summed E-state index contributed by atoms with van der Waals surface area (Å²) in [5.74, 6) is -1.65. The van der Waals surface area contributed by atoms with E-state index in [4.69, 9.17) is 0 Å². The van der Waals surface area contributed by atoms with Crippen LogP contribution in [0.25, 0.3) is 0 Å². The Kier molecular flexibility index (Phi) is 5.74. The number of carbonyl (C=O) groups is 3. The first-order chi connectivity index (χ1) is 14.7. The van der Waals surface area contributed by atoms with Gasteiger partial charge in [0.1, 0.15) is 11.9 Å². The minimum Gasteiger partial charge on any atom is -0.396 e. The third-order valence-corrected chi connectivity index (χ3v) is 6.39. The van der Waals surface area contributed by atoms with Crippen LogP contribution in [0.4, 0.5) is 10.1 Å². The number of hydrogen-bond donors (Lipinski definition) is 2. The molecule has 2 N–H and O–H groups in total. The smallest absolute Gasteiger partial charge is 0.255 e. The van der Waals surface area contributed by atoms with Gasteiger partial charge in [-0.05, 0) is 18.6 Å². The fourth-order valence-electron chi connectivity index (χ4n) is 4.69. The lowest BCUT2D eigenvalue weighted by molar-refractivity contribution is -0.136. The lowest BCUT2D eigenvalue weighted by atomic mass is 9.94. The molecular weight excluding hydrogens is 403 g/mol. The van der Waals surface area contributed by atoms with Crippen LogP contribution in [0.3, 0.4) is 0 Å². The number of nitrogens with one attached hydrogen (secondary N) is 1. The van der Waals surface area contributed by atoms with E-state index in [9.17, 15) is 23.9 Å². The van der Waals surface area contributed by atoms with Crippen LogP contribution in [-0.2, 0) is 16.1 Å². The van der Waals surface area contributed by atoms with Crippen LogP contribution in [0, 0.1) is 11.2 Å². The topological polar surface area (TPSA) is 93.2 Å². The molecule has 0 radical (unpaired) electrons. The number of halogens is 1. The zero-order valence-corrected chi connectivity index (χ0v) is 18.0. The Morgan fingerprint density at radius 2 is 1.87 bits per heavy atom. The van der Waals surface area contributed by atoms with Crippen molar-refractivity contribution in [3.05, 3.63) is 29.1 Å². The molecule has 2 fully saturated rings. The molecule has 0 spiro atoms. The van der Waals surface area contributed by atoms with Gasteiger partial charge in [-0.1, -0.05) is 13.8 Å². The van der Waals surface area contributed by atoms with Crippen LogP contribution >= 0.6 is 0 Å². The molecule has 1 aromatic carbocycles. The van der Waals surface area contributed by atoms with Gasteiger partial charge in [0.25, 0.3) is 5.91 Å². The first kappa shape index (κ1) is 21.7. The van der Waals surface area contributed by atoms with Crippen molar-refractivity contribution in [1.29, 1.82) is 0 Å². The summed E-state index contributed by atoms with van der Waals surface area (Å²) in [6.07, 6.45) is 0.464. The second kappa shape index (κ2) is 8.20. The molecule has 3 heterocycles. The van der Waals surface area contributed by atoms with Gasteiger partial charge in [-0.2, -0.15) is 0 Å². The Morgan fingerprint density at radius 3 is 2.52 bits per heavy atom. The lowest BCUT2D eigenvalue weighted by Gasteiger charge is -2.40. The van der Waals surface area contributed by atoms with Gasteiger partial charge in [-0.15, -0.1) is 0 Å². The van der Waals surface area contributed by atoms with Crippen LogP contribution in [0.5, 0.6) is 0 Å². The standard InChI is InChI=1S/C22H29FN4O4/c1-22(2,13-28)12-25-5-7-26(8-6-25)18-10-14(23)9-15-16(18)11-27(21(15)31)17-3-4-19(29)24-20(17)30/h9-10,17,28H,3-8,11-13H2,1-2H3,(H,24,29,30). The van der Waals surface area contributed by atoms with Gasteiger partial charge in [-0.3, -0.25) is 24.6 Å². The molecule has 0 aliphatic carbocycles. The molecule has 0 bridgehead atoms. The van der Waals surface area contributed by atoms with Crippen LogP contribution in [0.1, 0.15) is 42.6 Å². The number of imide groups is 1. The normalized spacial score (nSPS) is 22.7. The Bertz CT molecular complexity index is 911. The molecular formula is C22H29FN4O4. The molecule has 1 unspecified atom stereocenters. The summed E-state index contributed by atoms with van der Waals surface area (Å²) in [4.78, 5) is 42.6. The number of benzene rings is 1. The number of piperazine rings is 1. The van der Waals surface area contributed by atoms with E-state index in [1.807, 2.05) is 13.8 Å². The maximum atomic E-state index is 14.4. The molecule has 1 aromatic rings.